The van der Waals surface area contributed by atoms with E-state index in [0.29, 0.717) is 5.56 Å². The van der Waals surface area contributed by atoms with Crippen molar-refractivity contribution in [1.82, 2.24) is 4.98 Å². The lowest BCUT2D eigenvalue weighted by atomic mass is 10.2. The number of benzene rings is 1. The number of sulfonamides is 1. The van der Waals surface area contributed by atoms with Crippen molar-refractivity contribution in [3.8, 4) is 0 Å². The van der Waals surface area contributed by atoms with Gasteiger partial charge in [0.15, 0.2) is 5.82 Å². The van der Waals surface area contributed by atoms with Crippen LogP contribution in [-0.2, 0) is 10.0 Å². The number of nitrogens with one attached hydrogen (secondary N) is 1. The zero-order valence-electron chi connectivity index (χ0n) is 10.4. The molecule has 106 valence electrons. The molecule has 20 heavy (non-hydrogen) atoms. The van der Waals surface area contributed by atoms with Gasteiger partial charge >= 0.3 is 0 Å². The molecule has 0 aliphatic rings. The molecule has 0 spiro atoms. The maximum atomic E-state index is 13.8. The highest BCUT2D eigenvalue weighted by atomic mass is 35.5. The fourth-order valence-corrected chi connectivity index (χ4v) is 2.87. The van der Waals surface area contributed by atoms with Crippen LogP contribution >= 0.6 is 11.6 Å². The Bertz CT molecular complexity index is 765. The van der Waals surface area contributed by atoms with Crippen LogP contribution in [0.3, 0.4) is 0 Å². The lowest BCUT2D eigenvalue weighted by Crippen LogP contribution is -2.16. The summed E-state index contributed by atoms with van der Waals surface area (Å²) in [5.74, 6) is -0.969. The van der Waals surface area contributed by atoms with Crippen molar-refractivity contribution in [2.24, 2.45) is 0 Å². The summed E-state index contributed by atoms with van der Waals surface area (Å²) in [6.45, 7) is 1.58. The number of anilines is 2. The van der Waals surface area contributed by atoms with E-state index in [1.54, 1.807) is 13.0 Å². The third-order valence-corrected chi connectivity index (χ3v) is 4.26. The first-order valence-electron chi connectivity index (χ1n) is 5.50. The summed E-state index contributed by atoms with van der Waals surface area (Å²) in [4.78, 5) is 3.23. The van der Waals surface area contributed by atoms with Crippen molar-refractivity contribution in [2.45, 2.75) is 11.8 Å². The second-order valence-electron chi connectivity index (χ2n) is 4.08. The summed E-state index contributed by atoms with van der Waals surface area (Å²) in [7, 11) is -4.16. The van der Waals surface area contributed by atoms with Gasteiger partial charge in [-0.1, -0.05) is 11.6 Å². The Kier molecular flexibility index (Phi) is 3.82. The van der Waals surface area contributed by atoms with Crippen LogP contribution < -0.4 is 10.5 Å². The minimum absolute atomic E-state index is 0.0762. The number of pyridine rings is 1. The van der Waals surface area contributed by atoms with Gasteiger partial charge in [0.2, 0.25) is 0 Å². The zero-order valence-corrected chi connectivity index (χ0v) is 12.0. The molecule has 0 aliphatic carbocycles. The molecule has 8 heteroatoms. The standard InChI is InChI=1S/C12H11ClFN3O2S/c1-7-5-9(14)11(6-10(7)15)20(18,19)17-12-8(13)3-2-4-16-12/h2-6H,15H2,1H3,(H,16,17). The highest BCUT2D eigenvalue weighted by Gasteiger charge is 2.21. The van der Waals surface area contributed by atoms with Crippen molar-refractivity contribution >= 4 is 33.1 Å². The number of nitrogens with zero attached hydrogens (tertiary/aromatic N) is 1. The largest absolute Gasteiger partial charge is 0.398 e. The number of aryl methyl sites for hydroxylation is 1. The fraction of sp³-hybridized carbons (Fsp3) is 0.0833. The van der Waals surface area contributed by atoms with E-state index >= 15 is 0 Å². The number of hydrogen-bond donors (Lipinski definition) is 2. The number of hydrogen-bond acceptors (Lipinski definition) is 4. The van der Waals surface area contributed by atoms with Gasteiger partial charge in [-0.05, 0) is 36.8 Å². The van der Waals surface area contributed by atoms with Gasteiger partial charge in [0.1, 0.15) is 10.7 Å². The number of nitrogens with two attached hydrogens (primary N) is 1. The summed E-state index contributed by atoms with van der Waals surface area (Å²) in [6, 6.07) is 5.13. The molecule has 0 aliphatic heterocycles. The molecule has 0 amide bonds. The van der Waals surface area contributed by atoms with E-state index in [0.717, 1.165) is 12.1 Å². The van der Waals surface area contributed by atoms with E-state index in [2.05, 4.69) is 9.71 Å². The summed E-state index contributed by atoms with van der Waals surface area (Å²) in [6.07, 6.45) is 1.36. The summed E-state index contributed by atoms with van der Waals surface area (Å²) in [5, 5.41) is 0.108. The molecule has 2 aromatic rings. The van der Waals surface area contributed by atoms with Crippen LogP contribution in [0, 0.1) is 12.7 Å². The molecule has 0 saturated heterocycles. The molecule has 0 saturated carbocycles. The van der Waals surface area contributed by atoms with Gasteiger partial charge in [-0.15, -0.1) is 0 Å². The topological polar surface area (TPSA) is 85.1 Å². The third kappa shape index (κ3) is 2.83. The van der Waals surface area contributed by atoms with Gasteiger partial charge in [-0.2, -0.15) is 0 Å². The maximum Gasteiger partial charge on any atom is 0.266 e. The molecule has 0 bridgehead atoms. The predicted molar refractivity (Wildman–Crippen MR) is 75.6 cm³/mol. The molecule has 1 aromatic carbocycles. The Labute approximate surface area is 120 Å². The number of nitrogen functional groups attached to an aromatic ring is 1. The zero-order chi connectivity index (χ0) is 14.9. The van der Waals surface area contributed by atoms with E-state index in [1.807, 2.05) is 0 Å². The van der Waals surface area contributed by atoms with Gasteiger partial charge in [-0.25, -0.2) is 17.8 Å². The van der Waals surface area contributed by atoms with Gasteiger partial charge in [0, 0.05) is 11.9 Å². The van der Waals surface area contributed by atoms with Gasteiger partial charge in [0.05, 0.1) is 5.02 Å². The van der Waals surface area contributed by atoms with Crippen molar-refractivity contribution in [2.75, 3.05) is 10.5 Å². The van der Waals surface area contributed by atoms with E-state index in [1.165, 1.54) is 12.3 Å². The van der Waals surface area contributed by atoms with Crippen LogP contribution in [0.4, 0.5) is 15.9 Å². The second kappa shape index (κ2) is 5.26. The first-order chi connectivity index (χ1) is 9.31. The molecule has 1 heterocycles. The van der Waals surface area contributed by atoms with Crippen molar-refractivity contribution in [3.05, 3.63) is 46.9 Å². The molecule has 1 aromatic heterocycles. The van der Waals surface area contributed by atoms with Crippen LogP contribution in [0.15, 0.2) is 35.4 Å². The molecule has 0 fully saturated rings. The molecule has 2 rings (SSSR count). The van der Waals surface area contributed by atoms with E-state index in [9.17, 15) is 12.8 Å². The molecule has 0 radical (unpaired) electrons. The highest BCUT2D eigenvalue weighted by Crippen LogP contribution is 2.25. The third-order valence-electron chi connectivity index (χ3n) is 2.60. The first kappa shape index (κ1) is 14.5. The van der Waals surface area contributed by atoms with E-state index < -0.39 is 20.7 Å². The molecule has 3 N–H and O–H groups in total. The summed E-state index contributed by atoms with van der Waals surface area (Å²) >= 11 is 5.81. The molecular weight excluding hydrogens is 305 g/mol. The Morgan fingerprint density at radius 3 is 2.75 bits per heavy atom. The molecule has 5 nitrogen and oxygen atoms in total. The average molecular weight is 316 g/mol. The van der Waals surface area contributed by atoms with Gasteiger partial charge < -0.3 is 5.73 Å². The summed E-state index contributed by atoms with van der Waals surface area (Å²) in [5.41, 5.74) is 6.24. The summed E-state index contributed by atoms with van der Waals surface area (Å²) < 4.78 is 40.2. The number of aromatic nitrogens is 1. The van der Waals surface area contributed by atoms with E-state index in [-0.39, 0.29) is 16.5 Å². The van der Waals surface area contributed by atoms with Crippen molar-refractivity contribution in [3.63, 3.8) is 0 Å². The highest BCUT2D eigenvalue weighted by molar-refractivity contribution is 7.92. The Morgan fingerprint density at radius 1 is 1.40 bits per heavy atom. The van der Waals surface area contributed by atoms with Crippen LogP contribution in [0.2, 0.25) is 5.02 Å². The van der Waals surface area contributed by atoms with Crippen LogP contribution in [-0.4, -0.2) is 13.4 Å². The predicted octanol–water partition coefficient (Wildman–Crippen LogP) is 2.57. The van der Waals surface area contributed by atoms with Crippen LogP contribution in [0.1, 0.15) is 5.56 Å². The van der Waals surface area contributed by atoms with E-state index in [4.69, 9.17) is 17.3 Å². The SMILES string of the molecule is Cc1cc(F)c(S(=O)(=O)Nc2ncccc2Cl)cc1N. The number of halogens is 2. The van der Waals surface area contributed by atoms with Crippen molar-refractivity contribution < 1.29 is 12.8 Å². The lowest BCUT2D eigenvalue weighted by Gasteiger charge is -2.10. The first-order valence-corrected chi connectivity index (χ1v) is 7.36. The average Bonchev–Trinajstić information content (AvgIpc) is 2.36. The van der Waals surface area contributed by atoms with Gasteiger partial charge in [-0.3, -0.25) is 4.72 Å². The Balaban J connectivity index is 2.47. The Morgan fingerprint density at radius 2 is 2.10 bits per heavy atom. The smallest absolute Gasteiger partial charge is 0.266 e. The quantitative estimate of drug-likeness (QED) is 0.852. The molecule has 0 unspecified atom stereocenters. The molecular formula is C12H11ClFN3O2S. The molecule has 0 atom stereocenters. The van der Waals surface area contributed by atoms with Crippen LogP contribution in [0.5, 0.6) is 0 Å². The van der Waals surface area contributed by atoms with Crippen molar-refractivity contribution in [1.29, 1.82) is 0 Å². The lowest BCUT2D eigenvalue weighted by molar-refractivity contribution is 0.570. The van der Waals surface area contributed by atoms with Gasteiger partial charge in [0.25, 0.3) is 10.0 Å². The Hall–Kier alpha value is -1.86. The van der Waals surface area contributed by atoms with Crippen LogP contribution in [0.25, 0.3) is 0 Å². The minimum Gasteiger partial charge on any atom is -0.398 e. The fourth-order valence-electron chi connectivity index (χ4n) is 1.52. The minimum atomic E-state index is -4.16. The maximum absolute atomic E-state index is 13.8. The second-order valence-corrected chi connectivity index (χ2v) is 6.14. The monoisotopic (exact) mass is 315 g/mol. The normalized spacial score (nSPS) is 11.3. The number of rotatable bonds is 3.